The Balaban J connectivity index is 1.45. The Morgan fingerprint density at radius 3 is 2.35 bits per heavy atom. The first kappa shape index (κ1) is 18.5. The zero-order valence-corrected chi connectivity index (χ0v) is 14.6. The van der Waals surface area contributed by atoms with Crippen molar-refractivity contribution in [3.05, 3.63) is 0 Å². The van der Waals surface area contributed by atoms with Crippen LogP contribution in [-0.2, 0) is 0 Å². The number of unbranched alkanes of at least 4 members (excludes halogenated alkanes) is 1. The average Bonchev–Trinajstić information content (AvgIpc) is 2.57. The highest BCUT2D eigenvalue weighted by molar-refractivity contribution is 5.74. The summed E-state index contributed by atoms with van der Waals surface area (Å²) in [5.41, 5.74) is 0. The summed E-state index contributed by atoms with van der Waals surface area (Å²) < 4.78 is 0. The smallest absolute Gasteiger partial charge is 0.315 e. The summed E-state index contributed by atoms with van der Waals surface area (Å²) in [6.45, 7) is 10.00. The van der Waals surface area contributed by atoms with E-state index >= 15 is 0 Å². The minimum atomic E-state index is -0.171. The fourth-order valence-corrected chi connectivity index (χ4v) is 3.45. The van der Waals surface area contributed by atoms with E-state index in [9.17, 15) is 9.90 Å². The van der Waals surface area contributed by atoms with Gasteiger partial charge in [0.1, 0.15) is 0 Å². The highest BCUT2D eigenvalue weighted by Gasteiger charge is 2.20. The first-order valence-electron chi connectivity index (χ1n) is 9.34. The van der Waals surface area contributed by atoms with Crippen LogP contribution in [0.1, 0.15) is 45.4 Å². The molecule has 2 fully saturated rings. The number of piperazine rings is 1. The van der Waals surface area contributed by atoms with Crippen LogP contribution in [0.25, 0.3) is 0 Å². The fourth-order valence-electron chi connectivity index (χ4n) is 3.45. The second kappa shape index (κ2) is 10.1. The van der Waals surface area contributed by atoms with Crippen molar-refractivity contribution in [2.75, 3.05) is 45.8 Å². The lowest BCUT2D eigenvalue weighted by Gasteiger charge is -2.34. The van der Waals surface area contributed by atoms with Crippen molar-refractivity contribution in [2.24, 2.45) is 0 Å². The number of rotatable bonds is 7. The van der Waals surface area contributed by atoms with E-state index in [1.165, 1.54) is 26.2 Å². The summed E-state index contributed by atoms with van der Waals surface area (Å²) in [5, 5.41) is 15.4. The maximum atomic E-state index is 11.8. The molecule has 0 unspecified atom stereocenters. The molecular weight excluding hydrogens is 292 g/mol. The number of nitrogens with zero attached hydrogens (tertiary/aromatic N) is 2. The van der Waals surface area contributed by atoms with Gasteiger partial charge < -0.3 is 25.5 Å². The van der Waals surface area contributed by atoms with Gasteiger partial charge in [0.2, 0.25) is 0 Å². The first-order valence-corrected chi connectivity index (χ1v) is 9.34. The molecule has 6 nitrogen and oxygen atoms in total. The summed E-state index contributed by atoms with van der Waals surface area (Å²) in [5.74, 6) is 0. The van der Waals surface area contributed by atoms with Crippen molar-refractivity contribution >= 4 is 6.03 Å². The van der Waals surface area contributed by atoms with Crippen LogP contribution in [0.5, 0.6) is 0 Å². The zero-order valence-electron chi connectivity index (χ0n) is 14.6. The van der Waals surface area contributed by atoms with Crippen molar-refractivity contribution < 1.29 is 9.90 Å². The van der Waals surface area contributed by atoms with Crippen LogP contribution in [-0.4, -0.2) is 78.9 Å². The third-order valence-electron chi connectivity index (χ3n) is 5.13. The van der Waals surface area contributed by atoms with Crippen LogP contribution >= 0.6 is 0 Å². The fraction of sp³-hybridized carbons (Fsp3) is 0.941. The van der Waals surface area contributed by atoms with Crippen LogP contribution in [0.2, 0.25) is 0 Å². The minimum absolute atomic E-state index is 0.0528. The molecule has 1 heterocycles. The lowest BCUT2D eigenvalue weighted by molar-refractivity contribution is 0.117. The van der Waals surface area contributed by atoms with E-state index in [-0.39, 0.29) is 18.2 Å². The number of carbonyl (C=O) groups excluding carboxylic acids is 1. The highest BCUT2D eigenvalue weighted by Crippen LogP contribution is 2.18. The van der Waals surface area contributed by atoms with E-state index in [0.29, 0.717) is 0 Å². The lowest BCUT2D eigenvalue weighted by Crippen LogP contribution is -2.46. The summed E-state index contributed by atoms with van der Waals surface area (Å²) in [4.78, 5) is 16.8. The Labute approximate surface area is 140 Å². The third-order valence-corrected chi connectivity index (χ3v) is 5.13. The second-order valence-corrected chi connectivity index (χ2v) is 6.89. The molecule has 1 saturated carbocycles. The molecule has 2 rings (SSSR count). The largest absolute Gasteiger partial charge is 0.393 e. The van der Waals surface area contributed by atoms with Gasteiger partial charge in [0.05, 0.1) is 6.10 Å². The van der Waals surface area contributed by atoms with Gasteiger partial charge in [-0.15, -0.1) is 0 Å². The Morgan fingerprint density at radius 1 is 1.04 bits per heavy atom. The van der Waals surface area contributed by atoms with Crippen molar-refractivity contribution in [3.8, 4) is 0 Å². The number of amides is 2. The van der Waals surface area contributed by atoms with E-state index in [0.717, 1.165) is 58.2 Å². The molecular formula is C17H34N4O2. The van der Waals surface area contributed by atoms with Gasteiger partial charge in [0, 0.05) is 38.8 Å². The molecule has 0 aromatic carbocycles. The maximum Gasteiger partial charge on any atom is 0.315 e. The molecule has 0 bridgehead atoms. The van der Waals surface area contributed by atoms with E-state index < -0.39 is 0 Å². The van der Waals surface area contributed by atoms with Crippen molar-refractivity contribution in [1.82, 2.24) is 20.4 Å². The van der Waals surface area contributed by atoms with Gasteiger partial charge in [0.25, 0.3) is 0 Å². The molecule has 1 aliphatic heterocycles. The molecule has 6 heteroatoms. The topological polar surface area (TPSA) is 67.8 Å². The van der Waals surface area contributed by atoms with Gasteiger partial charge in [-0.1, -0.05) is 6.92 Å². The Hall–Kier alpha value is -0.850. The molecule has 2 amide bonds. The number of aliphatic hydroxyl groups is 1. The zero-order chi connectivity index (χ0) is 16.5. The molecule has 23 heavy (non-hydrogen) atoms. The number of likely N-dealkylation sites (N-methyl/N-ethyl adjacent to an activating group) is 1. The molecule has 0 aromatic heterocycles. The predicted molar refractivity (Wildman–Crippen MR) is 92.6 cm³/mol. The molecule has 0 spiro atoms. The Bertz CT molecular complexity index is 337. The average molecular weight is 326 g/mol. The SMILES string of the molecule is CCN1CCN(CCCCNC(=O)NC2CCC(O)CC2)CC1. The van der Waals surface area contributed by atoms with Gasteiger partial charge in [-0.3, -0.25) is 0 Å². The van der Waals surface area contributed by atoms with Gasteiger partial charge in [0.15, 0.2) is 0 Å². The van der Waals surface area contributed by atoms with Crippen LogP contribution in [0.4, 0.5) is 4.79 Å². The normalized spacial score (nSPS) is 26.9. The van der Waals surface area contributed by atoms with Crippen LogP contribution in [0.3, 0.4) is 0 Å². The summed E-state index contributed by atoms with van der Waals surface area (Å²) in [7, 11) is 0. The third kappa shape index (κ3) is 7.06. The number of hydrogen-bond acceptors (Lipinski definition) is 4. The summed E-state index contributed by atoms with van der Waals surface area (Å²) in [6, 6.07) is 0.177. The van der Waals surface area contributed by atoms with Gasteiger partial charge in [-0.2, -0.15) is 0 Å². The van der Waals surface area contributed by atoms with Crippen molar-refractivity contribution in [3.63, 3.8) is 0 Å². The highest BCUT2D eigenvalue weighted by atomic mass is 16.3. The molecule has 134 valence electrons. The summed E-state index contributed by atoms with van der Waals surface area (Å²) >= 11 is 0. The van der Waals surface area contributed by atoms with E-state index in [1.54, 1.807) is 0 Å². The lowest BCUT2D eigenvalue weighted by atomic mass is 9.93. The van der Waals surface area contributed by atoms with E-state index in [4.69, 9.17) is 0 Å². The first-order chi connectivity index (χ1) is 11.2. The second-order valence-electron chi connectivity index (χ2n) is 6.89. The van der Waals surface area contributed by atoms with Crippen molar-refractivity contribution in [2.45, 2.75) is 57.6 Å². The van der Waals surface area contributed by atoms with Crippen LogP contribution < -0.4 is 10.6 Å². The van der Waals surface area contributed by atoms with Crippen LogP contribution in [0, 0.1) is 0 Å². The summed E-state index contributed by atoms with van der Waals surface area (Å²) in [6.07, 6.45) is 5.38. The molecule has 1 saturated heterocycles. The molecule has 0 radical (unpaired) electrons. The number of urea groups is 1. The van der Waals surface area contributed by atoms with E-state index in [1.807, 2.05) is 0 Å². The quantitative estimate of drug-likeness (QED) is 0.611. The van der Waals surface area contributed by atoms with Gasteiger partial charge >= 0.3 is 6.03 Å². The molecule has 3 N–H and O–H groups in total. The Morgan fingerprint density at radius 2 is 1.70 bits per heavy atom. The maximum absolute atomic E-state index is 11.8. The molecule has 0 atom stereocenters. The van der Waals surface area contributed by atoms with Gasteiger partial charge in [-0.25, -0.2) is 4.79 Å². The number of nitrogens with one attached hydrogen (secondary N) is 2. The monoisotopic (exact) mass is 326 g/mol. The number of carbonyl (C=O) groups is 1. The van der Waals surface area contributed by atoms with Crippen molar-refractivity contribution in [1.29, 1.82) is 0 Å². The van der Waals surface area contributed by atoms with Gasteiger partial charge in [-0.05, 0) is 51.6 Å². The molecule has 2 aliphatic rings. The Kier molecular flexibility index (Phi) is 8.12. The number of hydrogen-bond donors (Lipinski definition) is 3. The number of aliphatic hydroxyl groups excluding tert-OH is 1. The standard InChI is InChI=1S/C17H34N4O2/c1-2-20-11-13-21(14-12-20)10-4-3-9-18-17(23)19-15-5-7-16(22)8-6-15/h15-16,22H,2-14H2,1H3,(H2,18,19,23). The predicted octanol–water partition coefficient (Wildman–Crippen LogP) is 1.01. The van der Waals surface area contributed by atoms with E-state index in [2.05, 4.69) is 27.4 Å². The van der Waals surface area contributed by atoms with Crippen LogP contribution in [0.15, 0.2) is 0 Å². The minimum Gasteiger partial charge on any atom is -0.393 e. The molecule has 1 aliphatic carbocycles. The molecule has 0 aromatic rings.